The van der Waals surface area contributed by atoms with Crippen LogP contribution in [-0.4, -0.2) is 7.11 Å². The third-order valence-corrected chi connectivity index (χ3v) is 2.77. The molecule has 0 saturated heterocycles. The van der Waals surface area contributed by atoms with E-state index in [1.807, 2.05) is 0 Å². The van der Waals surface area contributed by atoms with E-state index in [4.69, 9.17) is 10.5 Å². The summed E-state index contributed by atoms with van der Waals surface area (Å²) in [6, 6.07) is 2.92. The molecule has 0 bridgehead atoms. The van der Waals surface area contributed by atoms with Gasteiger partial charge in [-0.15, -0.1) is 0 Å². The molecule has 0 spiro atoms. The van der Waals surface area contributed by atoms with Gasteiger partial charge in [-0.3, -0.25) is 0 Å². The Bertz CT molecular complexity index is 351. The zero-order chi connectivity index (χ0) is 10.1. The summed E-state index contributed by atoms with van der Waals surface area (Å²) in [6.45, 7) is 0. The predicted octanol–water partition coefficient (Wildman–Crippen LogP) is 2.17. The number of hydrogen-bond donors (Lipinski definition) is 1. The maximum absolute atomic E-state index is 13.2. The summed E-state index contributed by atoms with van der Waals surface area (Å²) in [4.78, 5) is 0. The molecule has 0 amide bonds. The Hall–Kier alpha value is -1.09. The molecular weight excluding hydrogens is 181 g/mol. The summed E-state index contributed by atoms with van der Waals surface area (Å²) in [7, 11) is 1.56. The van der Waals surface area contributed by atoms with Gasteiger partial charge >= 0.3 is 0 Å². The minimum atomic E-state index is -0.266. The number of benzene rings is 1. The Morgan fingerprint density at radius 2 is 2.29 bits per heavy atom. The van der Waals surface area contributed by atoms with Crippen molar-refractivity contribution in [2.24, 2.45) is 5.73 Å². The average Bonchev–Trinajstić information content (AvgIpc) is 2.18. The molecule has 0 aliphatic heterocycles. The maximum atomic E-state index is 13.2. The Balaban J connectivity index is 2.54. The molecule has 14 heavy (non-hydrogen) atoms. The zero-order valence-electron chi connectivity index (χ0n) is 8.22. The first kappa shape index (κ1) is 9.46. The van der Waals surface area contributed by atoms with Crippen molar-refractivity contribution >= 4 is 0 Å². The SMILES string of the molecule is COc1cc(F)cc2c1CCC[C@H]2N. The van der Waals surface area contributed by atoms with Gasteiger partial charge in [-0.25, -0.2) is 4.39 Å². The smallest absolute Gasteiger partial charge is 0.127 e. The van der Waals surface area contributed by atoms with E-state index in [1.54, 1.807) is 7.11 Å². The van der Waals surface area contributed by atoms with E-state index in [2.05, 4.69) is 0 Å². The molecule has 0 heterocycles. The highest BCUT2D eigenvalue weighted by atomic mass is 19.1. The van der Waals surface area contributed by atoms with Gasteiger partial charge < -0.3 is 10.5 Å². The molecular formula is C11H14FNO. The van der Waals surface area contributed by atoms with Crippen molar-refractivity contribution in [2.75, 3.05) is 7.11 Å². The maximum Gasteiger partial charge on any atom is 0.127 e. The van der Waals surface area contributed by atoms with Crippen molar-refractivity contribution in [3.8, 4) is 5.75 Å². The lowest BCUT2D eigenvalue weighted by molar-refractivity contribution is 0.399. The molecule has 1 aliphatic rings. The molecule has 2 nitrogen and oxygen atoms in total. The molecule has 1 aromatic carbocycles. The standard InChI is InChI=1S/C11H14FNO/c1-14-11-6-7(12)5-9-8(11)3-2-4-10(9)13/h5-6,10H,2-4,13H2,1H3/t10-/m1/s1. The Morgan fingerprint density at radius 1 is 1.50 bits per heavy atom. The van der Waals surface area contributed by atoms with Gasteiger partial charge in [0.15, 0.2) is 0 Å². The second-order valence-corrected chi connectivity index (χ2v) is 3.67. The van der Waals surface area contributed by atoms with Crippen LogP contribution in [0.1, 0.15) is 30.0 Å². The molecule has 1 atom stereocenters. The van der Waals surface area contributed by atoms with Crippen molar-refractivity contribution in [1.29, 1.82) is 0 Å². The lowest BCUT2D eigenvalue weighted by Gasteiger charge is -2.23. The van der Waals surface area contributed by atoms with Crippen molar-refractivity contribution in [2.45, 2.75) is 25.3 Å². The summed E-state index contributed by atoms with van der Waals surface area (Å²) >= 11 is 0. The molecule has 3 heteroatoms. The molecule has 76 valence electrons. The minimum absolute atomic E-state index is 0.0386. The zero-order valence-corrected chi connectivity index (χ0v) is 8.22. The van der Waals surface area contributed by atoms with Gasteiger partial charge in [0.05, 0.1) is 7.11 Å². The third-order valence-electron chi connectivity index (χ3n) is 2.77. The van der Waals surface area contributed by atoms with E-state index in [9.17, 15) is 4.39 Å². The number of nitrogens with two attached hydrogens (primary N) is 1. The fourth-order valence-electron chi connectivity index (χ4n) is 2.07. The largest absolute Gasteiger partial charge is 0.496 e. The fraction of sp³-hybridized carbons (Fsp3) is 0.455. The Morgan fingerprint density at radius 3 is 3.00 bits per heavy atom. The van der Waals surface area contributed by atoms with Crippen molar-refractivity contribution < 1.29 is 9.13 Å². The summed E-state index contributed by atoms with van der Waals surface area (Å²) < 4.78 is 18.3. The van der Waals surface area contributed by atoms with Gasteiger partial charge in [0.1, 0.15) is 11.6 Å². The number of methoxy groups -OCH3 is 1. The van der Waals surface area contributed by atoms with Crippen LogP contribution in [0.25, 0.3) is 0 Å². The molecule has 0 saturated carbocycles. The normalized spacial score (nSPS) is 20.4. The second kappa shape index (κ2) is 3.58. The van der Waals surface area contributed by atoms with E-state index in [-0.39, 0.29) is 11.9 Å². The molecule has 0 fully saturated rings. The lowest BCUT2D eigenvalue weighted by atomic mass is 9.87. The van der Waals surface area contributed by atoms with E-state index in [0.717, 1.165) is 30.4 Å². The highest BCUT2D eigenvalue weighted by molar-refractivity contribution is 5.43. The van der Waals surface area contributed by atoms with Crippen LogP contribution < -0.4 is 10.5 Å². The second-order valence-electron chi connectivity index (χ2n) is 3.67. The van der Waals surface area contributed by atoms with Crippen molar-refractivity contribution in [3.63, 3.8) is 0 Å². The Kier molecular flexibility index (Phi) is 2.42. The molecule has 0 radical (unpaired) electrons. The van der Waals surface area contributed by atoms with Gasteiger partial charge in [-0.1, -0.05) is 0 Å². The lowest BCUT2D eigenvalue weighted by Crippen LogP contribution is -2.18. The van der Waals surface area contributed by atoms with Crippen LogP contribution in [0, 0.1) is 5.82 Å². The van der Waals surface area contributed by atoms with Crippen molar-refractivity contribution in [3.05, 3.63) is 29.1 Å². The van der Waals surface area contributed by atoms with Crippen LogP contribution in [0.2, 0.25) is 0 Å². The third kappa shape index (κ3) is 1.48. The highest BCUT2D eigenvalue weighted by Crippen LogP contribution is 2.34. The number of fused-ring (bicyclic) bond motifs is 1. The minimum Gasteiger partial charge on any atom is -0.496 e. The average molecular weight is 195 g/mol. The number of ether oxygens (including phenoxy) is 1. The van der Waals surface area contributed by atoms with Crippen LogP contribution >= 0.6 is 0 Å². The molecule has 1 aromatic rings. The van der Waals surface area contributed by atoms with E-state index < -0.39 is 0 Å². The quantitative estimate of drug-likeness (QED) is 0.745. The van der Waals surface area contributed by atoms with Gasteiger partial charge in [0.2, 0.25) is 0 Å². The van der Waals surface area contributed by atoms with Crippen LogP contribution in [0.5, 0.6) is 5.75 Å². The van der Waals surface area contributed by atoms with Gasteiger partial charge in [-0.05, 0) is 36.5 Å². The summed E-state index contributed by atoms with van der Waals surface area (Å²) in [5.41, 5.74) is 7.90. The predicted molar refractivity (Wildman–Crippen MR) is 52.8 cm³/mol. The first-order valence-corrected chi connectivity index (χ1v) is 4.84. The number of rotatable bonds is 1. The van der Waals surface area contributed by atoms with Crippen LogP contribution in [0.15, 0.2) is 12.1 Å². The van der Waals surface area contributed by atoms with E-state index in [0.29, 0.717) is 5.75 Å². The molecule has 1 aliphatic carbocycles. The van der Waals surface area contributed by atoms with Gasteiger partial charge in [0.25, 0.3) is 0 Å². The van der Waals surface area contributed by atoms with Crippen molar-refractivity contribution in [1.82, 2.24) is 0 Å². The topological polar surface area (TPSA) is 35.2 Å². The van der Waals surface area contributed by atoms with Gasteiger partial charge in [-0.2, -0.15) is 0 Å². The van der Waals surface area contributed by atoms with Gasteiger partial charge in [0, 0.05) is 12.1 Å². The van der Waals surface area contributed by atoms with Crippen LogP contribution in [0.4, 0.5) is 4.39 Å². The molecule has 0 aromatic heterocycles. The fourth-order valence-corrected chi connectivity index (χ4v) is 2.07. The van der Waals surface area contributed by atoms with E-state index in [1.165, 1.54) is 12.1 Å². The molecule has 2 N–H and O–H groups in total. The molecule has 0 unspecified atom stereocenters. The van der Waals surface area contributed by atoms with Crippen LogP contribution in [0.3, 0.4) is 0 Å². The summed E-state index contributed by atoms with van der Waals surface area (Å²) in [6.07, 6.45) is 2.92. The molecule has 2 rings (SSSR count). The summed E-state index contributed by atoms with van der Waals surface area (Å²) in [5, 5.41) is 0. The monoisotopic (exact) mass is 195 g/mol. The highest BCUT2D eigenvalue weighted by Gasteiger charge is 2.21. The Labute approximate surface area is 82.9 Å². The van der Waals surface area contributed by atoms with E-state index >= 15 is 0 Å². The first-order chi connectivity index (χ1) is 6.72. The first-order valence-electron chi connectivity index (χ1n) is 4.84. The summed E-state index contributed by atoms with van der Waals surface area (Å²) in [5.74, 6) is 0.369. The number of hydrogen-bond acceptors (Lipinski definition) is 2. The van der Waals surface area contributed by atoms with Crippen LogP contribution in [-0.2, 0) is 6.42 Å². The number of halogens is 1.